The van der Waals surface area contributed by atoms with E-state index in [9.17, 15) is 9.18 Å². The van der Waals surface area contributed by atoms with Crippen LogP contribution in [0.15, 0.2) is 29.6 Å². The van der Waals surface area contributed by atoms with E-state index in [0.29, 0.717) is 34.0 Å². The number of thiophene rings is 1. The lowest BCUT2D eigenvalue weighted by Crippen LogP contribution is -2.34. The number of hydrogen-bond acceptors (Lipinski definition) is 4. The second-order valence-electron chi connectivity index (χ2n) is 7.91. The first-order valence-corrected chi connectivity index (χ1v) is 11.2. The summed E-state index contributed by atoms with van der Waals surface area (Å²) in [5, 5.41) is 4.77. The van der Waals surface area contributed by atoms with Crippen molar-refractivity contribution in [1.29, 1.82) is 0 Å². The lowest BCUT2D eigenvalue weighted by atomic mass is 9.76. The second-order valence-corrected chi connectivity index (χ2v) is 9.39. The quantitative estimate of drug-likeness (QED) is 0.630. The van der Waals surface area contributed by atoms with Crippen LogP contribution in [0.1, 0.15) is 47.6 Å². The molecule has 0 aliphatic heterocycles. The van der Waals surface area contributed by atoms with Gasteiger partial charge in [-0.15, -0.1) is 11.3 Å². The summed E-state index contributed by atoms with van der Waals surface area (Å²) in [7, 11) is 5.69. The largest absolute Gasteiger partial charge is 0.493 e. The molecule has 1 amide bonds. The summed E-state index contributed by atoms with van der Waals surface area (Å²) in [6.07, 6.45) is 4.32. The van der Waals surface area contributed by atoms with Crippen LogP contribution in [-0.2, 0) is 0 Å². The predicted molar refractivity (Wildman–Crippen MR) is 116 cm³/mol. The van der Waals surface area contributed by atoms with Gasteiger partial charge in [-0.2, -0.15) is 0 Å². The molecule has 2 aromatic rings. The van der Waals surface area contributed by atoms with Crippen molar-refractivity contribution in [2.75, 3.05) is 27.7 Å². The Morgan fingerprint density at radius 1 is 1.28 bits per heavy atom. The molecule has 1 aliphatic rings. The van der Waals surface area contributed by atoms with Gasteiger partial charge in [0.15, 0.2) is 5.75 Å². The number of methoxy groups -OCH3 is 1. The number of nitrogens with one attached hydrogen (secondary N) is 1. The highest BCUT2D eigenvalue weighted by Gasteiger charge is 2.30. The molecule has 1 fully saturated rings. The smallest absolute Gasteiger partial charge is 0.255 e. The number of carbonyl (C=O) groups excluding carboxylic acids is 1. The summed E-state index contributed by atoms with van der Waals surface area (Å²) in [6, 6.07) is 7.15. The summed E-state index contributed by atoms with van der Waals surface area (Å²) in [4.78, 5) is 14.7. The van der Waals surface area contributed by atoms with Crippen molar-refractivity contribution in [3.8, 4) is 5.75 Å². The number of rotatable bonds is 7. The topological polar surface area (TPSA) is 41.6 Å². The van der Waals surface area contributed by atoms with Crippen LogP contribution in [0.5, 0.6) is 5.75 Å². The van der Waals surface area contributed by atoms with Crippen LogP contribution < -0.4 is 10.1 Å². The van der Waals surface area contributed by atoms with Gasteiger partial charge in [-0.25, -0.2) is 4.39 Å². The molecule has 158 valence electrons. The predicted octanol–water partition coefficient (Wildman–Crippen LogP) is 5.39. The minimum Gasteiger partial charge on any atom is -0.493 e. The van der Waals surface area contributed by atoms with Gasteiger partial charge in [-0.3, -0.25) is 4.79 Å². The van der Waals surface area contributed by atoms with Gasteiger partial charge in [-0.1, -0.05) is 23.7 Å². The number of ether oxygens (including phenoxy) is 1. The molecule has 0 radical (unpaired) electrons. The van der Waals surface area contributed by atoms with Gasteiger partial charge in [-0.05, 0) is 69.3 Å². The number of benzene rings is 1. The molecule has 1 aliphatic carbocycles. The minimum absolute atomic E-state index is 0.135. The lowest BCUT2D eigenvalue weighted by Gasteiger charge is -2.37. The van der Waals surface area contributed by atoms with Gasteiger partial charge in [0.1, 0.15) is 10.2 Å². The molecule has 1 heterocycles. The van der Waals surface area contributed by atoms with Gasteiger partial charge < -0.3 is 15.0 Å². The van der Waals surface area contributed by atoms with E-state index >= 15 is 0 Å². The summed E-state index contributed by atoms with van der Waals surface area (Å²) < 4.78 is 19.0. The molecule has 1 unspecified atom stereocenters. The molecule has 1 saturated carbocycles. The summed E-state index contributed by atoms with van der Waals surface area (Å²) in [5.74, 6) is 1.11. The van der Waals surface area contributed by atoms with E-state index in [-0.39, 0.29) is 17.8 Å². The molecule has 4 nitrogen and oxygen atoms in total. The Morgan fingerprint density at radius 2 is 1.93 bits per heavy atom. The van der Waals surface area contributed by atoms with Crippen LogP contribution in [0.3, 0.4) is 0 Å². The Bertz CT molecular complexity index is 817. The van der Waals surface area contributed by atoms with Gasteiger partial charge in [0.25, 0.3) is 5.91 Å². The van der Waals surface area contributed by atoms with Crippen LogP contribution in [0.2, 0.25) is 4.34 Å². The Balaban J connectivity index is 1.54. The monoisotopic (exact) mass is 438 g/mol. The first kappa shape index (κ1) is 22.1. The first-order chi connectivity index (χ1) is 13.9. The van der Waals surface area contributed by atoms with Crippen LogP contribution in [-0.4, -0.2) is 38.6 Å². The standard InChI is InChI=1S/C22H28ClFN2O2S/c1-26(2)19(16-8-10-17(24)11-9-16)15-6-4-14(5-7-15)12-25-22(27)18-13-29-21(23)20(18)28-3/h8-11,13-15,19H,4-7,12H2,1-3H3,(H,25,27). The molecule has 0 spiro atoms. The maximum Gasteiger partial charge on any atom is 0.255 e. The van der Waals surface area contributed by atoms with Crippen molar-refractivity contribution >= 4 is 28.8 Å². The van der Waals surface area contributed by atoms with Crippen LogP contribution in [0.25, 0.3) is 0 Å². The van der Waals surface area contributed by atoms with Crippen molar-refractivity contribution in [3.05, 3.63) is 50.9 Å². The second kappa shape index (κ2) is 9.92. The minimum atomic E-state index is -0.200. The van der Waals surface area contributed by atoms with E-state index in [1.54, 1.807) is 5.38 Å². The fourth-order valence-corrected chi connectivity index (χ4v) is 5.41. The van der Waals surface area contributed by atoms with Crippen molar-refractivity contribution < 1.29 is 13.9 Å². The number of carbonyl (C=O) groups is 1. The summed E-state index contributed by atoms with van der Waals surface area (Å²) >= 11 is 7.36. The fraction of sp³-hybridized carbons (Fsp3) is 0.500. The van der Waals surface area contributed by atoms with E-state index in [0.717, 1.165) is 31.2 Å². The Labute approximate surface area is 181 Å². The van der Waals surface area contributed by atoms with E-state index in [1.165, 1.54) is 30.6 Å². The third kappa shape index (κ3) is 5.30. The van der Waals surface area contributed by atoms with Crippen molar-refractivity contribution in [2.45, 2.75) is 31.7 Å². The van der Waals surface area contributed by atoms with E-state index < -0.39 is 0 Å². The number of hydrogen-bond donors (Lipinski definition) is 1. The molecule has 1 aromatic carbocycles. The normalized spacial score (nSPS) is 20.5. The molecular weight excluding hydrogens is 411 g/mol. The third-order valence-corrected chi connectivity index (χ3v) is 6.99. The van der Waals surface area contributed by atoms with Gasteiger partial charge in [0.2, 0.25) is 0 Å². The van der Waals surface area contributed by atoms with Crippen molar-refractivity contribution in [3.63, 3.8) is 0 Å². The molecule has 1 atom stereocenters. The molecule has 1 N–H and O–H groups in total. The van der Waals surface area contributed by atoms with E-state index in [2.05, 4.69) is 24.3 Å². The van der Waals surface area contributed by atoms with E-state index in [4.69, 9.17) is 16.3 Å². The molecule has 3 rings (SSSR count). The Kier molecular flexibility index (Phi) is 7.55. The van der Waals surface area contributed by atoms with Crippen LogP contribution in [0.4, 0.5) is 4.39 Å². The van der Waals surface area contributed by atoms with Crippen LogP contribution >= 0.6 is 22.9 Å². The molecule has 0 bridgehead atoms. The lowest BCUT2D eigenvalue weighted by molar-refractivity contribution is 0.0932. The number of halogens is 2. The highest BCUT2D eigenvalue weighted by atomic mass is 35.5. The zero-order chi connectivity index (χ0) is 21.0. The zero-order valence-corrected chi connectivity index (χ0v) is 18.7. The van der Waals surface area contributed by atoms with Gasteiger partial charge in [0, 0.05) is 18.0 Å². The molecule has 7 heteroatoms. The SMILES string of the molecule is COc1c(C(=O)NCC2CCC(C(c3ccc(F)cc3)N(C)C)CC2)csc1Cl. The van der Waals surface area contributed by atoms with Crippen molar-refractivity contribution in [1.82, 2.24) is 10.2 Å². The van der Waals surface area contributed by atoms with Crippen LogP contribution in [0, 0.1) is 17.7 Å². The molecular formula is C22H28ClFN2O2S. The summed E-state index contributed by atoms with van der Waals surface area (Å²) in [5.41, 5.74) is 1.66. The summed E-state index contributed by atoms with van der Waals surface area (Å²) in [6.45, 7) is 0.658. The maximum absolute atomic E-state index is 13.3. The zero-order valence-electron chi connectivity index (χ0n) is 17.1. The highest BCUT2D eigenvalue weighted by molar-refractivity contribution is 7.15. The Hall–Kier alpha value is -1.63. The first-order valence-electron chi connectivity index (χ1n) is 9.91. The Morgan fingerprint density at radius 3 is 2.52 bits per heavy atom. The third-order valence-electron chi connectivity index (χ3n) is 5.81. The highest BCUT2D eigenvalue weighted by Crippen LogP contribution is 2.39. The molecule has 29 heavy (non-hydrogen) atoms. The average Bonchev–Trinajstić information content (AvgIpc) is 3.09. The van der Waals surface area contributed by atoms with Gasteiger partial charge >= 0.3 is 0 Å². The number of amides is 1. The van der Waals surface area contributed by atoms with Gasteiger partial charge in [0.05, 0.1) is 12.7 Å². The molecule has 1 aromatic heterocycles. The fourth-order valence-electron chi connectivity index (χ4n) is 4.36. The average molecular weight is 439 g/mol. The van der Waals surface area contributed by atoms with E-state index in [1.807, 2.05) is 12.1 Å². The molecule has 0 saturated heterocycles. The maximum atomic E-state index is 13.3. The number of nitrogens with zero attached hydrogens (tertiary/aromatic N) is 1. The van der Waals surface area contributed by atoms with Crippen molar-refractivity contribution in [2.24, 2.45) is 11.8 Å².